The summed E-state index contributed by atoms with van der Waals surface area (Å²) < 4.78 is 17.6. The van der Waals surface area contributed by atoms with Gasteiger partial charge in [-0.2, -0.15) is 0 Å². The summed E-state index contributed by atoms with van der Waals surface area (Å²) >= 11 is 0. The predicted molar refractivity (Wildman–Crippen MR) is 222 cm³/mol. The lowest BCUT2D eigenvalue weighted by Gasteiger charge is -2.39. The van der Waals surface area contributed by atoms with Gasteiger partial charge in [0, 0.05) is 49.7 Å². The average molecular weight is 763 g/mol. The van der Waals surface area contributed by atoms with Gasteiger partial charge in [0.1, 0.15) is 17.6 Å². The van der Waals surface area contributed by atoms with Crippen LogP contribution < -0.4 is 14.4 Å². The van der Waals surface area contributed by atoms with Gasteiger partial charge in [0.25, 0.3) is 5.91 Å². The second-order valence-electron chi connectivity index (χ2n) is 14.1. The SMILES string of the molecule is C=CCC(OC(C)=O)[C@@H]1[C@@H](N(Cc2cccc3ccccc23)C(=O)c2cccc3ccccc23)c2cc(OCCCO)ccc2N1C(=O)Cc1ccc(OC)cc1. The van der Waals surface area contributed by atoms with Crippen LogP contribution >= 0.6 is 0 Å². The Morgan fingerprint density at radius 1 is 0.842 bits per heavy atom. The number of hydrogen-bond donors (Lipinski definition) is 1. The number of esters is 1. The Labute approximate surface area is 332 Å². The molecule has 0 saturated carbocycles. The van der Waals surface area contributed by atoms with Gasteiger partial charge in [0.05, 0.1) is 32.2 Å². The molecule has 6 aromatic rings. The summed E-state index contributed by atoms with van der Waals surface area (Å²) in [5.41, 5.74) is 3.42. The molecule has 0 aliphatic carbocycles. The first kappa shape index (κ1) is 38.8. The third-order valence-corrected chi connectivity index (χ3v) is 10.5. The summed E-state index contributed by atoms with van der Waals surface area (Å²) in [6.07, 6.45) is 1.46. The number of ether oxygens (including phenoxy) is 3. The Balaban J connectivity index is 1.46. The van der Waals surface area contributed by atoms with E-state index in [4.69, 9.17) is 14.2 Å². The van der Waals surface area contributed by atoms with Crippen molar-refractivity contribution < 1.29 is 33.7 Å². The molecule has 2 amide bonds. The van der Waals surface area contributed by atoms with Gasteiger partial charge in [-0.1, -0.05) is 97.1 Å². The Bertz CT molecular complexity index is 2400. The predicted octanol–water partition coefficient (Wildman–Crippen LogP) is 8.61. The molecule has 6 aromatic carbocycles. The molecule has 7 rings (SSSR count). The molecule has 57 heavy (non-hydrogen) atoms. The number of fused-ring (bicyclic) bond motifs is 3. The Kier molecular flexibility index (Phi) is 12.0. The van der Waals surface area contributed by atoms with Crippen molar-refractivity contribution in [3.8, 4) is 11.5 Å². The van der Waals surface area contributed by atoms with E-state index in [0.717, 1.165) is 32.7 Å². The molecule has 0 saturated heterocycles. The molecular formula is C48H46N2O7. The highest BCUT2D eigenvalue weighted by Crippen LogP contribution is 2.48. The quantitative estimate of drug-likeness (QED) is 0.0635. The molecule has 1 aliphatic heterocycles. The summed E-state index contributed by atoms with van der Waals surface area (Å²) in [7, 11) is 1.59. The molecule has 290 valence electrons. The van der Waals surface area contributed by atoms with Crippen LogP contribution in [0, 0.1) is 0 Å². The van der Waals surface area contributed by atoms with Crippen LogP contribution in [0.5, 0.6) is 11.5 Å². The number of hydrogen-bond acceptors (Lipinski definition) is 7. The van der Waals surface area contributed by atoms with Crippen molar-refractivity contribution in [1.82, 2.24) is 4.90 Å². The van der Waals surface area contributed by atoms with Gasteiger partial charge in [-0.05, 0) is 69.1 Å². The van der Waals surface area contributed by atoms with E-state index >= 15 is 4.79 Å². The number of nitrogens with zero attached hydrogens (tertiary/aromatic N) is 2. The van der Waals surface area contributed by atoms with Crippen LogP contribution in [-0.2, 0) is 27.3 Å². The molecule has 1 N–H and O–H groups in total. The van der Waals surface area contributed by atoms with Crippen molar-refractivity contribution in [2.24, 2.45) is 0 Å². The second-order valence-corrected chi connectivity index (χ2v) is 14.1. The first-order chi connectivity index (χ1) is 27.8. The van der Waals surface area contributed by atoms with E-state index < -0.39 is 24.2 Å². The van der Waals surface area contributed by atoms with E-state index in [1.165, 1.54) is 6.92 Å². The lowest BCUT2D eigenvalue weighted by molar-refractivity contribution is -0.148. The van der Waals surface area contributed by atoms with E-state index in [9.17, 15) is 14.7 Å². The number of aliphatic hydroxyl groups is 1. The molecule has 9 nitrogen and oxygen atoms in total. The van der Waals surface area contributed by atoms with E-state index in [-0.39, 0.29) is 44.4 Å². The van der Waals surface area contributed by atoms with Gasteiger partial charge < -0.3 is 29.1 Å². The van der Waals surface area contributed by atoms with Crippen LogP contribution in [0.2, 0.25) is 0 Å². The lowest BCUT2D eigenvalue weighted by atomic mass is 9.92. The van der Waals surface area contributed by atoms with Crippen LogP contribution in [-0.4, -0.2) is 60.3 Å². The average Bonchev–Trinajstić information content (AvgIpc) is 3.56. The minimum absolute atomic E-state index is 0.0306. The van der Waals surface area contributed by atoms with Crippen LogP contribution in [0.25, 0.3) is 21.5 Å². The maximum absolute atomic E-state index is 15.6. The molecule has 0 aromatic heterocycles. The first-order valence-electron chi connectivity index (χ1n) is 19.2. The third kappa shape index (κ3) is 8.25. The van der Waals surface area contributed by atoms with Gasteiger partial charge in [-0.3, -0.25) is 14.4 Å². The smallest absolute Gasteiger partial charge is 0.302 e. The van der Waals surface area contributed by atoms with E-state index in [2.05, 4.69) is 6.58 Å². The Morgan fingerprint density at radius 2 is 1.51 bits per heavy atom. The van der Waals surface area contributed by atoms with Gasteiger partial charge in [-0.25, -0.2) is 0 Å². The number of methoxy groups -OCH3 is 1. The highest BCUT2D eigenvalue weighted by Gasteiger charge is 2.50. The highest BCUT2D eigenvalue weighted by molar-refractivity contribution is 6.08. The van der Waals surface area contributed by atoms with Gasteiger partial charge in [0.15, 0.2) is 0 Å². The normalized spacial score (nSPS) is 15.2. The molecule has 9 heteroatoms. The zero-order chi connectivity index (χ0) is 39.9. The third-order valence-electron chi connectivity index (χ3n) is 10.5. The number of carbonyl (C=O) groups excluding carboxylic acids is 3. The summed E-state index contributed by atoms with van der Waals surface area (Å²) in [4.78, 5) is 46.9. The number of aliphatic hydroxyl groups excluding tert-OH is 1. The van der Waals surface area contributed by atoms with Crippen molar-refractivity contribution in [1.29, 1.82) is 0 Å². The molecule has 1 unspecified atom stereocenters. The van der Waals surface area contributed by atoms with Crippen molar-refractivity contribution in [3.63, 3.8) is 0 Å². The topological polar surface area (TPSA) is 106 Å². The molecule has 0 fully saturated rings. The van der Waals surface area contributed by atoms with Gasteiger partial charge in [-0.15, -0.1) is 6.58 Å². The van der Waals surface area contributed by atoms with Crippen molar-refractivity contribution >= 4 is 45.0 Å². The van der Waals surface area contributed by atoms with Crippen LogP contribution in [0.3, 0.4) is 0 Å². The minimum atomic E-state index is -0.883. The molecule has 3 atom stereocenters. The summed E-state index contributed by atoms with van der Waals surface area (Å²) in [6.45, 7) is 5.75. The molecule has 0 spiro atoms. The van der Waals surface area contributed by atoms with Gasteiger partial charge in [0.2, 0.25) is 5.91 Å². The van der Waals surface area contributed by atoms with Crippen LogP contribution in [0.4, 0.5) is 5.69 Å². The lowest BCUT2D eigenvalue weighted by Crippen LogP contribution is -2.53. The van der Waals surface area contributed by atoms with Crippen molar-refractivity contribution in [2.45, 2.75) is 50.9 Å². The summed E-state index contributed by atoms with van der Waals surface area (Å²) in [5, 5.41) is 13.2. The van der Waals surface area contributed by atoms with E-state index in [1.807, 2.05) is 126 Å². The fraction of sp³-hybridized carbons (Fsp3) is 0.229. The number of rotatable bonds is 15. The maximum atomic E-state index is 15.6. The number of anilines is 1. The standard InChI is InChI=1S/C48H46N2O7/c1-4-12-44(57-32(2)52)47-46(42-30-38(56-28-11-27-51)25-26-43(42)50(47)45(53)29-33-21-23-37(55-3)24-22-33)49(31-36-17-9-15-34-13-5-7-18-39(34)36)48(54)41-20-10-16-35-14-6-8-19-40(35)41/h4-10,13-26,30,44,46-47,51H,1,11-12,27-29,31H2,2-3H3/t44?,46-,47+/m0/s1. The minimum Gasteiger partial charge on any atom is -0.497 e. The Morgan fingerprint density at radius 3 is 2.21 bits per heavy atom. The fourth-order valence-corrected chi connectivity index (χ4v) is 7.96. The van der Waals surface area contributed by atoms with Gasteiger partial charge >= 0.3 is 5.97 Å². The molecule has 1 aliphatic rings. The highest BCUT2D eigenvalue weighted by atomic mass is 16.5. The zero-order valence-electron chi connectivity index (χ0n) is 32.2. The Hall–Kier alpha value is -6.45. The molecular weight excluding hydrogens is 717 g/mol. The maximum Gasteiger partial charge on any atom is 0.302 e. The molecule has 0 bridgehead atoms. The molecule has 1 heterocycles. The molecule has 0 radical (unpaired) electrons. The summed E-state index contributed by atoms with van der Waals surface area (Å²) in [5.74, 6) is 0.170. The largest absolute Gasteiger partial charge is 0.497 e. The summed E-state index contributed by atoms with van der Waals surface area (Å²) in [6, 6.07) is 38.7. The van der Waals surface area contributed by atoms with Crippen molar-refractivity contribution in [2.75, 3.05) is 25.2 Å². The number of amides is 2. The second kappa shape index (κ2) is 17.6. The number of carbonyl (C=O) groups is 3. The zero-order valence-corrected chi connectivity index (χ0v) is 32.2. The fourth-order valence-electron chi connectivity index (χ4n) is 7.96. The number of benzene rings is 6. The van der Waals surface area contributed by atoms with Crippen LogP contribution in [0.1, 0.15) is 52.9 Å². The first-order valence-corrected chi connectivity index (χ1v) is 19.2. The van der Waals surface area contributed by atoms with E-state index in [1.54, 1.807) is 24.2 Å². The van der Waals surface area contributed by atoms with Crippen molar-refractivity contribution in [3.05, 3.63) is 162 Å². The van der Waals surface area contributed by atoms with Crippen LogP contribution in [0.15, 0.2) is 140 Å². The van der Waals surface area contributed by atoms with E-state index in [0.29, 0.717) is 34.7 Å². The monoisotopic (exact) mass is 762 g/mol.